The second kappa shape index (κ2) is 8.60. The summed E-state index contributed by atoms with van der Waals surface area (Å²) in [5.74, 6) is 0.382. The fraction of sp³-hybridized carbons (Fsp3) is 0.471. The lowest BCUT2D eigenvalue weighted by Crippen LogP contribution is -2.31. The molecule has 0 saturated heterocycles. The molecule has 0 saturated carbocycles. The molecule has 0 spiro atoms. The number of allylic oxidation sites excluding steroid dienone is 1. The summed E-state index contributed by atoms with van der Waals surface area (Å²) in [6, 6.07) is 5.72. The van der Waals surface area contributed by atoms with Crippen LogP contribution >= 0.6 is 11.8 Å². The molecule has 2 rings (SSSR count). The van der Waals surface area contributed by atoms with Crippen molar-refractivity contribution >= 4 is 23.6 Å². The lowest BCUT2D eigenvalue weighted by molar-refractivity contribution is -0.140. The Labute approximate surface area is 145 Å². The number of amides is 1. The third kappa shape index (κ3) is 4.65. The quantitative estimate of drug-likeness (QED) is 0.601. The van der Waals surface area contributed by atoms with Crippen LogP contribution in [0.5, 0.6) is 0 Å². The molecule has 0 aromatic carbocycles. The highest BCUT2D eigenvalue weighted by atomic mass is 32.2. The topological polar surface area (TPSA) is 92.3 Å². The van der Waals surface area contributed by atoms with Crippen molar-refractivity contribution in [2.75, 3.05) is 12.4 Å². The summed E-state index contributed by atoms with van der Waals surface area (Å²) in [5, 5.41) is 12.6. The number of hydrogen-bond donors (Lipinski definition) is 1. The van der Waals surface area contributed by atoms with E-state index in [1.165, 1.54) is 0 Å². The van der Waals surface area contributed by atoms with E-state index in [1.54, 1.807) is 12.1 Å². The van der Waals surface area contributed by atoms with Crippen LogP contribution in [0.25, 0.3) is 0 Å². The van der Waals surface area contributed by atoms with Gasteiger partial charge in [-0.05, 0) is 25.5 Å². The van der Waals surface area contributed by atoms with Gasteiger partial charge in [-0.25, -0.2) is 0 Å². The maximum Gasteiger partial charge on any atom is 0.316 e. The van der Waals surface area contributed by atoms with Crippen LogP contribution in [0.1, 0.15) is 43.6 Å². The van der Waals surface area contributed by atoms with Crippen LogP contribution in [0.2, 0.25) is 0 Å². The zero-order valence-corrected chi connectivity index (χ0v) is 14.6. The first kappa shape index (κ1) is 18.1. The SMILES string of the molecule is CCCCOC(=O)CSC1=C(C#N)[C@H](c2ccc(C)o2)CC(=O)N1. The van der Waals surface area contributed by atoms with Crippen molar-refractivity contribution in [1.29, 1.82) is 5.26 Å². The first-order chi connectivity index (χ1) is 11.5. The van der Waals surface area contributed by atoms with E-state index in [4.69, 9.17) is 9.15 Å². The maximum absolute atomic E-state index is 12.0. The zero-order chi connectivity index (χ0) is 17.5. The number of carbonyl (C=O) groups is 2. The van der Waals surface area contributed by atoms with Gasteiger partial charge in [0.05, 0.1) is 34.9 Å². The van der Waals surface area contributed by atoms with Gasteiger partial charge < -0.3 is 14.5 Å². The van der Waals surface area contributed by atoms with Crippen LogP contribution < -0.4 is 5.32 Å². The van der Waals surface area contributed by atoms with Crippen molar-refractivity contribution in [3.8, 4) is 6.07 Å². The molecular weight excluding hydrogens is 328 g/mol. The Morgan fingerprint density at radius 1 is 1.54 bits per heavy atom. The minimum atomic E-state index is -0.420. The van der Waals surface area contributed by atoms with Gasteiger partial charge in [0.25, 0.3) is 0 Å². The second-order valence-corrected chi connectivity index (χ2v) is 6.46. The van der Waals surface area contributed by atoms with E-state index >= 15 is 0 Å². The van der Waals surface area contributed by atoms with E-state index in [9.17, 15) is 14.9 Å². The summed E-state index contributed by atoms with van der Waals surface area (Å²) in [4.78, 5) is 23.7. The minimum absolute atomic E-state index is 0.0500. The number of nitrogens with zero attached hydrogens (tertiary/aromatic N) is 1. The highest BCUT2D eigenvalue weighted by molar-refractivity contribution is 8.03. The molecule has 1 amide bonds. The van der Waals surface area contributed by atoms with Crippen LogP contribution in [0.3, 0.4) is 0 Å². The molecule has 2 heterocycles. The van der Waals surface area contributed by atoms with E-state index in [1.807, 2.05) is 13.8 Å². The van der Waals surface area contributed by atoms with Crippen LogP contribution in [0.15, 0.2) is 27.2 Å². The monoisotopic (exact) mass is 348 g/mol. The van der Waals surface area contributed by atoms with Crippen LogP contribution in [0.4, 0.5) is 0 Å². The predicted octanol–water partition coefficient (Wildman–Crippen LogP) is 3.00. The molecule has 1 aliphatic rings. The molecule has 7 heteroatoms. The Hall–Kier alpha value is -2.20. The number of carbonyl (C=O) groups excluding carboxylic acids is 2. The van der Waals surface area contributed by atoms with Gasteiger partial charge in [-0.2, -0.15) is 5.26 Å². The van der Waals surface area contributed by atoms with Gasteiger partial charge in [-0.15, -0.1) is 0 Å². The average Bonchev–Trinajstić information content (AvgIpc) is 2.99. The molecule has 0 fully saturated rings. The summed E-state index contributed by atoms with van der Waals surface area (Å²) in [7, 11) is 0. The number of unbranched alkanes of at least 4 members (excludes halogenated alkanes) is 1. The summed E-state index contributed by atoms with van der Waals surface area (Å²) in [6.07, 6.45) is 1.92. The number of ether oxygens (including phenoxy) is 1. The summed E-state index contributed by atoms with van der Waals surface area (Å²) in [6.45, 7) is 4.21. The third-order valence-corrected chi connectivity index (χ3v) is 4.55. The highest BCUT2D eigenvalue weighted by Gasteiger charge is 2.31. The fourth-order valence-electron chi connectivity index (χ4n) is 2.32. The molecular formula is C17H20N2O4S. The largest absolute Gasteiger partial charge is 0.466 e. The lowest BCUT2D eigenvalue weighted by Gasteiger charge is -2.23. The van der Waals surface area contributed by atoms with E-state index in [0.29, 0.717) is 23.0 Å². The first-order valence-electron chi connectivity index (χ1n) is 7.84. The zero-order valence-electron chi connectivity index (χ0n) is 13.8. The van der Waals surface area contributed by atoms with Crippen LogP contribution in [-0.2, 0) is 14.3 Å². The molecule has 128 valence electrons. The van der Waals surface area contributed by atoms with Crippen molar-refractivity contribution < 1.29 is 18.7 Å². The first-order valence-corrected chi connectivity index (χ1v) is 8.82. The smallest absolute Gasteiger partial charge is 0.316 e. The van der Waals surface area contributed by atoms with Crippen LogP contribution in [-0.4, -0.2) is 24.2 Å². The van der Waals surface area contributed by atoms with Crippen molar-refractivity contribution in [3.05, 3.63) is 34.3 Å². The summed E-state index contributed by atoms with van der Waals surface area (Å²) < 4.78 is 10.7. The van der Waals surface area contributed by atoms with Gasteiger partial charge in [-0.3, -0.25) is 9.59 Å². The lowest BCUT2D eigenvalue weighted by atomic mass is 9.92. The molecule has 0 radical (unpaired) electrons. The van der Waals surface area contributed by atoms with Crippen LogP contribution in [0, 0.1) is 18.3 Å². The molecule has 0 aliphatic carbocycles. The van der Waals surface area contributed by atoms with Crippen molar-refractivity contribution in [3.63, 3.8) is 0 Å². The molecule has 1 aromatic heterocycles. The van der Waals surface area contributed by atoms with Gasteiger partial charge in [0.15, 0.2) is 0 Å². The van der Waals surface area contributed by atoms with E-state index in [0.717, 1.165) is 30.4 Å². The minimum Gasteiger partial charge on any atom is -0.466 e. The number of hydrogen-bond acceptors (Lipinski definition) is 6. The Bertz CT molecular complexity index is 687. The summed E-state index contributed by atoms with van der Waals surface area (Å²) in [5.41, 5.74) is 0.412. The molecule has 1 atom stereocenters. The number of thioether (sulfide) groups is 1. The molecule has 1 aliphatic heterocycles. The van der Waals surface area contributed by atoms with Gasteiger partial charge in [0.1, 0.15) is 11.5 Å². The van der Waals surface area contributed by atoms with E-state index in [-0.39, 0.29) is 24.1 Å². The highest BCUT2D eigenvalue weighted by Crippen LogP contribution is 2.36. The molecule has 1 aromatic rings. The van der Waals surface area contributed by atoms with E-state index in [2.05, 4.69) is 11.4 Å². The molecule has 0 unspecified atom stereocenters. The maximum atomic E-state index is 12.0. The standard InChI is InChI=1S/C17H20N2O4S/c1-3-4-7-22-16(21)10-24-17-13(9-18)12(8-15(20)19-17)14-6-5-11(2)23-14/h5-6,12H,3-4,7-8,10H2,1-2H3,(H,19,20)/t12-/m1/s1. The van der Waals surface area contributed by atoms with Crippen molar-refractivity contribution in [2.24, 2.45) is 0 Å². The number of esters is 1. The van der Waals surface area contributed by atoms with E-state index < -0.39 is 5.92 Å². The second-order valence-electron chi connectivity index (χ2n) is 5.47. The molecule has 24 heavy (non-hydrogen) atoms. The number of nitrogens with one attached hydrogen (secondary N) is 1. The Morgan fingerprint density at radius 3 is 2.96 bits per heavy atom. The number of aryl methyl sites for hydroxylation is 1. The van der Waals surface area contributed by atoms with Gasteiger partial charge in [-0.1, -0.05) is 25.1 Å². The number of furan rings is 1. The molecule has 6 nitrogen and oxygen atoms in total. The third-order valence-electron chi connectivity index (χ3n) is 3.56. The molecule has 1 N–H and O–H groups in total. The van der Waals surface area contributed by atoms with Gasteiger partial charge >= 0.3 is 5.97 Å². The normalized spacial score (nSPS) is 17.4. The Morgan fingerprint density at radius 2 is 2.33 bits per heavy atom. The van der Waals surface area contributed by atoms with Crippen molar-refractivity contribution in [1.82, 2.24) is 5.32 Å². The van der Waals surface area contributed by atoms with Crippen molar-refractivity contribution in [2.45, 2.75) is 39.0 Å². The predicted molar refractivity (Wildman–Crippen MR) is 89.9 cm³/mol. The van der Waals surface area contributed by atoms with Gasteiger partial charge in [0.2, 0.25) is 5.91 Å². The molecule has 0 bridgehead atoms. The number of rotatable bonds is 7. The Kier molecular flexibility index (Phi) is 6.50. The Balaban J connectivity index is 2.10. The average molecular weight is 348 g/mol. The van der Waals surface area contributed by atoms with Gasteiger partial charge in [0, 0.05) is 6.42 Å². The number of nitriles is 1. The fourth-order valence-corrected chi connectivity index (χ4v) is 3.19. The summed E-state index contributed by atoms with van der Waals surface area (Å²) >= 11 is 1.11.